The zero-order valence-electron chi connectivity index (χ0n) is 7.81. The summed E-state index contributed by atoms with van der Waals surface area (Å²) >= 11 is 3.52. The van der Waals surface area contributed by atoms with Gasteiger partial charge >= 0.3 is 0 Å². The Balaban J connectivity index is 2.41. The van der Waals surface area contributed by atoms with E-state index in [2.05, 4.69) is 39.4 Å². The SMILES string of the molecule is CN[C@@H]1CCCc2ccc(Br)cc21. The van der Waals surface area contributed by atoms with Crippen LogP contribution in [0.4, 0.5) is 0 Å². The van der Waals surface area contributed by atoms with Crippen LogP contribution in [0, 0.1) is 0 Å². The first-order valence-corrected chi connectivity index (χ1v) is 5.56. The Hall–Kier alpha value is -0.340. The molecule has 0 saturated carbocycles. The molecule has 0 aromatic heterocycles. The Morgan fingerprint density at radius 3 is 3.08 bits per heavy atom. The molecule has 1 aliphatic carbocycles. The Kier molecular flexibility index (Phi) is 2.70. The molecule has 2 heteroatoms. The third-order valence-corrected chi connectivity index (χ3v) is 3.26. The van der Waals surface area contributed by atoms with Crippen molar-refractivity contribution in [2.75, 3.05) is 7.05 Å². The van der Waals surface area contributed by atoms with E-state index < -0.39 is 0 Å². The van der Waals surface area contributed by atoms with Gasteiger partial charge in [-0.05, 0) is 49.6 Å². The molecular formula is C11H14BrN. The number of halogens is 1. The molecule has 0 bridgehead atoms. The highest BCUT2D eigenvalue weighted by Crippen LogP contribution is 2.31. The summed E-state index contributed by atoms with van der Waals surface area (Å²) in [7, 11) is 2.04. The molecule has 1 N–H and O–H groups in total. The average molecular weight is 240 g/mol. The van der Waals surface area contributed by atoms with Gasteiger partial charge in [-0.25, -0.2) is 0 Å². The quantitative estimate of drug-likeness (QED) is 0.795. The molecule has 1 aliphatic rings. The molecule has 0 heterocycles. The summed E-state index contributed by atoms with van der Waals surface area (Å²) in [4.78, 5) is 0. The summed E-state index contributed by atoms with van der Waals surface area (Å²) in [5.41, 5.74) is 2.98. The molecule has 0 unspecified atom stereocenters. The van der Waals surface area contributed by atoms with E-state index in [1.165, 1.54) is 34.9 Å². The van der Waals surface area contributed by atoms with Gasteiger partial charge in [0, 0.05) is 10.5 Å². The highest BCUT2D eigenvalue weighted by atomic mass is 79.9. The molecule has 1 nitrogen and oxygen atoms in total. The minimum atomic E-state index is 0.557. The van der Waals surface area contributed by atoms with Crippen LogP contribution in [0.1, 0.15) is 30.0 Å². The predicted molar refractivity (Wildman–Crippen MR) is 58.9 cm³/mol. The second-order valence-corrected chi connectivity index (χ2v) is 4.49. The first-order valence-electron chi connectivity index (χ1n) is 4.77. The third kappa shape index (κ3) is 1.79. The lowest BCUT2D eigenvalue weighted by Crippen LogP contribution is -2.21. The van der Waals surface area contributed by atoms with Gasteiger partial charge in [0.05, 0.1) is 0 Å². The van der Waals surface area contributed by atoms with E-state index in [-0.39, 0.29) is 0 Å². The van der Waals surface area contributed by atoms with Gasteiger partial charge < -0.3 is 5.32 Å². The molecule has 1 aromatic rings. The maximum absolute atomic E-state index is 3.52. The van der Waals surface area contributed by atoms with Crippen molar-refractivity contribution in [3.8, 4) is 0 Å². The van der Waals surface area contributed by atoms with Crippen LogP contribution in [-0.4, -0.2) is 7.05 Å². The van der Waals surface area contributed by atoms with E-state index in [0.29, 0.717) is 6.04 Å². The molecule has 0 saturated heterocycles. The summed E-state index contributed by atoms with van der Waals surface area (Å²) in [5, 5.41) is 3.37. The van der Waals surface area contributed by atoms with Gasteiger partial charge in [0.25, 0.3) is 0 Å². The fraction of sp³-hybridized carbons (Fsp3) is 0.455. The molecular weight excluding hydrogens is 226 g/mol. The van der Waals surface area contributed by atoms with E-state index in [1.807, 2.05) is 7.05 Å². The smallest absolute Gasteiger partial charge is 0.0320 e. The molecule has 2 rings (SSSR count). The number of rotatable bonds is 1. The number of nitrogens with one attached hydrogen (secondary N) is 1. The van der Waals surface area contributed by atoms with Crippen molar-refractivity contribution in [2.45, 2.75) is 25.3 Å². The number of aryl methyl sites for hydroxylation is 1. The van der Waals surface area contributed by atoms with Crippen LogP contribution in [0.25, 0.3) is 0 Å². The molecule has 0 aliphatic heterocycles. The Labute approximate surface area is 87.7 Å². The topological polar surface area (TPSA) is 12.0 Å². The average Bonchev–Trinajstić information content (AvgIpc) is 2.17. The van der Waals surface area contributed by atoms with Crippen LogP contribution in [0.3, 0.4) is 0 Å². The fourth-order valence-corrected chi connectivity index (χ4v) is 2.45. The van der Waals surface area contributed by atoms with Crippen LogP contribution in [0.15, 0.2) is 22.7 Å². The summed E-state index contributed by atoms with van der Waals surface area (Å²) in [5.74, 6) is 0. The zero-order valence-corrected chi connectivity index (χ0v) is 9.39. The molecule has 0 amide bonds. The number of hydrogen-bond acceptors (Lipinski definition) is 1. The maximum atomic E-state index is 3.52. The molecule has 1 aromatic carbocycles. The van der Waals surface area contributed by atoms with Gasteiger partial charge in [-0.2, -0.15) is 0 Å². The lowest BCUT2D eigenvalue weighted by atomic mass is 9.88. The van der Waals surface area contributed by atoms with Crippen LogP contribution in [0.2, 0.25) is 0 Å². The highest BCUT2D eigenvalue weighted by molar-refractivity contribution is 9.10. The van der Waals surface area contributed by atoms with E-state index in [0.717, 1.165) is 0 Å². The molecule has 70 valence electrons. The van der Waals surface area contributed by atoms with Crippen molar-refractivity contribution in [2.24, 2.45) is 0 Å². The van der Waals surface area contributed by atoms with Gasteiger partial charge in [0.2, 0.25) is 0 Å². The van der Waals surface area contributed by atoms with Gasteiger partial charge in [0.15, 0.2) is 0 Å². The molecule has 0 fully saturated rings. The van der Waals surface area contributed by atoms with Crippen LogP contribution < -0.4 is 5.32 Å². The van der Waals surface area contributed by atoms with Crippen LogP contribution in [0.5, 0.6) is 0 Å². The van der Waals surface area contributed by atoms with E-state index in [9.17, 15) is 0 Å². The van der Waals surface area contributed by atoms with Gasteiger partial charge in [-0.15, -0.1) is 0 Å². The Bertz CT molecular complexity index is 309. The first kappa shape index (κ1) is 9.22. The van der Waals surface area contributed by atoms with Crippen LogP contribution >= 0.6 is 15.9 Å². The number of benzene rings is 1. The number of fused-ring (bicyclic) bond motifs is 1. The highest BCUT2D eigenvalue weighted by Gasteiger charge is 2.18. The monoisotopic (exact) mass is 239 g/mol. The van der Waals surface area contributed by atoms with Crippen molar-refractivity contribution < 1.29 is 0 Å². The summed E-state index contributed by atoms with van der Waals surface area (Å²) < 4.78 is 1.19. The second-order valence-electron chi connectivity index (χ2n) is 3.58. The van der Waals surface area contributed by atoms with Gasteiger partial charge in [0.1, 0.15) is 0 Å². The maximum Gasteiger partial charge on any atom is 0.0320 e. The van der Waals surface area contributed by atoms with Crippen molar-refractivity contribution in [1.29, 1.82) is 0 Å². The fourth-order valence-electron chi connectivity index (χ4n) is 2.07. The van der Waals surface area contributed by atoms with Crippen LogP contribution in [-0.2, 0) is 6.42 Å². The first-order chi connectivity index (χ1) is 6.31. The Morgan fingerprint density at radius 2 is 2.31 bits per heavy atom. The van der Waals surface area contributed by atoms with E-state index >= 15 is 0 Å². The largest absolute Gasteiger partial charge is 0.313 e. The summed E-state index contributed by atoms with van der Waals surface area (Å²) in [6, 6.07) is 7.18. The van der Waals surface area contributed by atoms with Crippen molar-refractivity contribution in [3.63, 3.8) is 0 Å². The predicted octanol–water partition coefficient (Wildman–Crippen LogP) is 3.05. The van der Waals surface area contributed by atoms with E-state index in [4.69, 9.17) is 0 Å². The summed E-state index contributed by atoms with van der Waals surface area (Å²) in [6.45, 7) is 0. The molecule has 13 heavy (non-hydrogen) atoms. The molecule has 0 radical (unpaired) electrons. The lowest BCUT2D eigenvalue weighted by Gasteiger charge is -2.25. The minimum Gasteiger partial charge on any atom is -0.313 e. The van der Waals surface area contributed by atoms with Crippen molar-refractivity contribution >= 4 is 15.9 Å². The molecule has 0 spiro atoms. The van der Waals surface area contributed by atoms with Gasteiger partial charge in [-0.3, -0.25) is 0 Å². The standard InChI is InChI=1S/C11H14BrN/c1-13-11-4-2-3-8-5-6-9(12)7-10(8)11/h5-7,11,13H,2-4H2,1H3/t11-/m1/s1. The second kappa shape index (κ2) is 3.81. The molecule has 1 atom stereocenters. The summed E-state index contributed by atoms with van der Waals surface area (Å²) in [6.07, 6.45) is 3.81. The normalized spacial score (nSPS) is 21.2. The Morgan fingerprint density at radius 1 is 1.46 bits per heavy atom. The van der Waals surface area contributed by atoms with Crippen molar-refractivity contribution in [3.05, 3.63) is 33.8 Å². The minimum absolute atomic E-state index is 0.557. The third-order valence-electron chi connectivity index (χ3n) is 2.77. The zero-order chi connectivity index (χ0) is 9.26. The van der Waals surface area contributed by atoms with E-state index in [1.54, 1.807) is 0 Å². The lowest BCUT2D eigenvalue weighted by molar-refractivity contribution is 0.496. The number of hydrogen-bond donors (Lipinski definition) is 1. The van der Waals surface area contributed by atoms with Gasteiger partial charge in [-0.1, -0.05) is 22.0 Å². The van der Waals surface area contributed by atoms with Crippen molar-refractivity contribution in [1.82, 2.24) is 5.32 Å².